The van der Waals surface area contributed by atoms with Crippen LogP contribution in [0.1, 0.15) is 30.7 Å². The molecule has 0 bridgehead atoms. The molecule has 1 unspecified atom stereocenters. The Morgan fingerprint density at radius 2 is 2.06 bits per heavy atom. The first kappa shape index (κ1) is 10.9. The van der Waals surface area contributed by atoms with Crippen LogP contribution in [0, 0.1) is 0 Å². The SMILES string of the molecule is COc1ccc(C2CCNC2)cc1OC1CC1. The molecule has 1 heterocycles. The van der Waals surface area contributed by atoms with E-state index in [2.05, 4.69) is 17.4 Å². The molecule has 2 fully saturated rings. The fourth-order valence-corrected chi connectivity index (χ4v) is 2.34. The number of benzene rings is 1. The van der Waals surface area contributed by atoms with Crippen molar-refractivity contribution in [3.8, 4) is 11.5 Å². The average molecular weight is 233 g/mol. The van der Waals surface area contributed by atoms with Crippen LogP contribution in [0.2, 0.25) is 0 Å². The summed E-state index contributed by atoms with van der Waals surface area (Å²) in [6, 6.07) is 6.36. The van der Waals surface area contributed by atoms with Gasteiger partial charge in [-0.1, -0.05) is 6.07 Å². The van der Waals surface area contributed by atoms with Crippen LogP contribution in [0.15, 0.2) is 18.2 Å². The molecule has 1 aliphatic heterocycles. The topological polar surface area (TPSA) is 30.5 Å². The summed E-state index contributed by atoms with van der Waals surface area (Å²) >= 11 is 0. The van der Waals surface area contributed by atoms with Gasteiger partial charge in [0.15, 0.2) is 11.5 Å². The maximum atomic E-state index is 5.90. The van der Waals surface area contributed by atoms with Gasteiger partial charge in [-0.3, -0.25) is 0 Å². The van der Waals surface area contributed by atoms with Crippen LogP contribution in [-0.4, -0.2) is 26.3 Å². The lowest BCUT2D eigenvalue weighted by molar-refractivity contribution is 0.281. The Kier molecular flexibility index (Phi) is 2.93. The molecule has 1 aliphatic carbocycles. The van der Waals surface area contributed by atoms with Crippen molar-refractivity contribution in [1.82, 2.24) is 5.32 Å². The lowest BCUT2D eigenvalue weighted by Gasteiger charge is -2.14. The zero-order valence-electron chi connectivity index (χ0n) is 10.2. The molecule has 3 heteroatoms. The molecule has 0 radical (unpaired) electrons. The molecule has 0 spiro atoms. The van der Waals surface area contributed by atoms with Gasteiger partial charge in [-0.15, -0.1) is 0 Å². The smallest absolute Gasteiger partial charge is 0.161 e. The maximum absolute atomic E-state index is 5.90. The van der Waals surface area contributed by atoms with E-state index in [9.17, 15) is 0 Å². The number of hydrogen-bond acceptors (Lipinski definition) is 3. The van der Waals surface area contributed by atoms with Gasteiger partial charge in [-0.05, 0) is 49.4 Å². The van der Waals surface area contributed by atoms with Gasteiger partial charge in [-0.2, -0.15) is 0 Å². The molecule has 1 saturated heterocycles. The Balaban J connectivity index is 1.83. The summed E-state index contributed by atoms with van der Waals surface area (Å²) in [6.45, 7) is 2.20. The molecule has 1 aromatic rings. The highest BCUT2D eigenvalue weighted by Gasteiger charge is 2.26. The minimum absolute atomic E-state index is 0.417. The zero-order chi connectivity index (χ0) is 11.7. The number of rotatable bonds is 4. The highest BCUT2D eigenvalue weighted by atomic mass is 16.5. The van der Waals surface area contributed by atoms with Crippen LogP contribution in [0.25, 0.3) is 0 Å². The fourth-order valence-electron chi connectivity index (χ4n) is 2.34. The third-order valence-electron chi connectivity index (χ3n) is 3.54. The minimum atomic E-state index is 0.417. The number of nitrogens with one attached hydrogen (secondary N) is 1. The first-order chi connectivity index (χ1) is 8.36. The summed E-state index contributed by atoms with van der Waals surface area (Å²) in [5.41, 5.74) is 1.37. The van der Waals surface area contributed by atoms with Crippen LogP contribution in [-0.2, 0) is 0 Å². The summed E-state index contributed by atoms with van der Waals surface area (Å²) in [7, 11) is 1.70. The van der Waals surface area contributed by atoms with Gasteiger partial charge < -0.3 is 14.8 Å². The summed E-state index contributed by atoms with van der Waals surface area (Å²) in [5.74, 6) is 2.40. The van der Waals surface area contributed by atoms with Crippen molar-refractivity contribution < 1.29 is 9.47 Å². The monoisotopic (exact) mass is 233 g/mol. The van der Waals surface area contributed by atoms with Crippen LogP contribution in [0.4, 0.5) is 0 Å². The second kappa shape index (κ2) is 4.57. The van der Waals surface area contributed by atoms with E-state index in [4.69, 9.17) is 9.47 Å². The van der Waals surface area contributed by atoms with Crippen molar-refractivity contribution in [1.29, 1.82) is 0 Å². The molecular formula is C14H19NO2. The van der Waals surface area contributed by atoms with Crippen molar-refractivity contribution >= 4 is 0 Å². The van der Waals surface area contributed by atoms with Crippen molar-refractivity contribution in [2.75, 3.05) is 20.2 Å². The molecule has 1 N–H and O–H groups in total. The van der Waals surface area contributed by atoms with Gasteiger partial charge >= 0.3 is 0 Å². The predicted octanol–water partition coefficient (Wildman–Crippen LogP) is 2.31. The molecule has 1 atom stereocenters. The van der Waals surface area contributed by atoms with Crippen molar-refractivity contribution in [3.05, 3.63) is 23.8 Å². The maximum Gasteiger partial charge on any atom is 0.161 e. The second-order valence-electron chi connectivity index (χ2n) is 4.92. The van der Waals surface area contributed by atoms with E-state index in [-0.39, 0.29) is 0 Å². The van der Waals surface area contributed by atoms with E-state index in [1.165, 1.54) is 24.8 Å². The van der Waals surface area contributed by atoms with Gasteiger partial charge in [0.25, 0.3) is 0 Å². The molecule has 17 heavy (non-hydrogen) atoms. The molecule has 0 aromatic heterocycles. The quantitative estimate of drug-likeness (QED) is 0.865. The van der Waals surface area contributed by atoms with E-state index >= 15 is 0 Å². The van der Waals surface area contributed by atoms with Gasteiger partial charge in [0, 0.05) is 6.54 Å². The highest BCUT2D eigenvalue weighted by molar-refractivity contribution is 5.44. The van der Waals surface area contributed by atoms with E-state index in [1.54, 1.807) is 7.11 Å². The van der Waals surface area contributed by atoms with Gasteiger partial charge in [-0.25, -0.2) is 0 Å². The normalized spacial score (nSPS) is 23.7. The average Bonchev–Trinajstić information content (AvgIpc) is 3.00. The highest BCUT2D eigenvalue weighted by Crippen LogP contribution is 2.36. The lowest BCUT2D eigenvalue weighted by atomic mass is 9.98. The van der Waals surface area contributed by atoms with Crippen LogP contribution < -0.4 is 14.8 Å². The molecule has 2 aliphatic rings. The number of ether oxygens (including phenoxy) is 2. The Bertz CT molecular complexity index is 395. The Morgan fingerprint density at radius 3 is 2.71 bits per heavy atom. The zero-order valence-corrected chi connectivity index (χ0v) is 10.2. The Morgan fingerprint density at radius 1 is 1.18 bits per heavy atom. The number of methoxy groups -OCH3 is 1. The predicted molar refractivity (Wildman–Crippen MR) is 66.9 cm³/mol. The Labute approximate surface area is 102 Å². The Hall–Kier alpha value is -1.22. The minimum Gasteiger partial charge on any atom is -0.493 e. The molecule has 3 rings (SSSR count). The van der Waals surface area contributed by atoms with E-state index in [1.807, 2.05) is 6.07 Å². The molecule has 1 saturated carbocycles. The van der Waals surface area contributed by atoms with Crippen molar-refractivity contribution in [2.24, 2.45) is 0 Å². The van der Waals surface area contributed by atoms with Gasteiger partial charge in [0.1, 0.15) is 0 Å². The van der Waals surface area contributed by atoms with Crippen molar-refractivity contribution in [2.45, 2.75) is 31.3 Å². The van der Waals surface area contributed by atoms with E-state index in [0.717, 1.165) is 24.6 Å². The third kappa shape index (κ3) is 2.39. The van der Waals surface area contributed by atoms with Gasteiger partial charge in [0.2, 0.25) is 0 Å². The third-order valence-corrected chi connectivity index (χ3v) is 3.54. The standard InChI is InChI=1S/C14H19NO2/c1-16-13-5-2-10(11-6-7-15-9-11)8-14(13)17-12-3-4-12/h2,5,8,11-12,15H,3-4,6-7,9H2,1H3. The van der Waals surface area contributed by atoms with Gasteiger partial charge in [0.05, 0.1) is 13.2 Å². The number of hydrogen-bond donors (Lipinski definition) is 1. The van der Waals surface area contributed by atoms with Crippen LogP contribution in [0.3, 0.4) is 0 Å². The molecule has 1 aromatic carbocycles. The van der Waals surface area contributed by atoms with E-state index < -0.39 is 0 Å². The molecular weight excluding hydrogens is 214 g/mol. The first-order valence-corrected chi connectivity index (χ1v) is 6.42. The molecule has 92 valence electrons. The summed E-state index contributed by atoms with van der Waals surface area (Å²) < 4.78 is 11.3. The summed E-state index contributed by atoms with van der Waals surface area (Å²) in [5, 5.41) is 3.40. The second-order valence-corrected chi connectivity index (χ2v) is 4.92. The lowest BCUT2D eigenvalue weighted by Crippen LogP contribution is -2.08. The fraction of sp³-hybridized carbons (Fsp3) is 0.571. The summed E-state index contributed by atoms with van der Waals surface area (Å²) in [6.07, 6.45) is 3.99. The van der Waals surface area contributed by atoms with Crippen LogP contribution in [0.5, 0.6) is 11.5 Å². The first-order valence-electron chi connectivity index (χ1n) is 6.42. The molecule has 3 nitrogen and oxygen atoms in total. The van der Waals surface area contributed by atoms with E-state index in [0.29, 0.717) is 12.0 Å². The largest absolute Gasteiger partial charge is 0.493 e. The molecule has 0 amide bonds. The summed E-state index contributed by atoms with van der Waals surface area (Å²) in [4.78, 5) is 0. The van der Waals surface area contributed by atoms with Crippen LogP contribution >= 0.6 is 0 Å². The van der Waals surface area contributed by atoms with Crippen molar-refractivity contribution in [3.63, 3.8) is 0 Å².